The predicted octanol–water partition coefficient (Wildman–Crippen LogP) is 5.45. The van der Waals surface area contributed by atoms with Crippen molar-refractivity contribution < 1.29 is 24.0 Å². The number of hydrogen-bond acceptors (Lipinski definition) is 6. The quantitative estimate of drug-likeness (QED) is 0.126. The van der Waals surface area contributed by atoms with Crippen molar-refractivity contribution in [3.05, 3.63) is 81.2 Å². The molecular formula is C28H34FN3O5. The Morgan fingerprint density at radius 2 is 1.54 bits per heavy atom. The van der Waals surface area contributed by atoms with Crippen LogP contribution in [-0.4, -0.2) is 57.7 Å². The molecule has 1 heterocycles. The van der Waals surface area contributed by atoms with Gasteiger partial charge in [0, 0.05) is 24.2 Å². The molecule has 198 valence electrons. The normalized spacial score (nSPS) is 17.1. The second-order valence-corrected chi connectivity index (χ2v) is 9.25. The van der Waals surface area contributed by atoms with Crippen LogP contribution in [0.25, 0.3) is 5.76 Å². The third kappa shape index (κ3) is 6.80. The van der Waals surface area contributed by atoms with Gasteiger partial charge in [-0.3, -0.25) is 19.7 Å². The second kappa shape index (κ2) is 13.1. The number of carbonyl (C=O) groups excluding carboxylic acids is 2. The SMILES string of the molecule is CCCCN(CCCC)CCCN1C(=O)C(=O)/C(=C(\O)c2ccc([N+](=O)[O-])cc2)C1c1ccc(F)cc1. The molecule has 9 heteroatoms. The summed E-state index contributed by atoms with van der Waals surface area (Å²) >= 11 is 0. The maximum absolute atomic E-state index is 13.7. The van der Waals surface area contributed by atoms with Gasteiger partial charge in [-0.05, 0) is 68.7 Å². The summed E-state index contributed by atoms with van der Waals surface area (Å²) in [6.45, 7) is 7.28. The fraction of sp³-hybridized carbons (Fsp3) is 0.429. The van der Waals surface area contributed by atoms with Crippen LogP contribution >= 0.6 is 0 Å². The van der Waals surface area contributed by atoms with Gasteiger partial charge in [-0.2, -0.15) is 0 Å². The van der Waals surface area contributed by atoms with Gasteiger partial charge < -0.3 is 14.9 Å². The van der Waals surface area contributed by atoms with Gasteiger partial charge in [0.05, 0.1) is 16.5 Å². The van der Waals surface area contributed by atoms with Crippen molar-refractivity contribution in [2.24, 2.45) is 0 Å². The van der Waals surface area contributed by atoms with E-state index >= 15 is 0 Å². The topological polar surface area (TPSA) is 104 Å². The molecule has 37 heavy (non-hydrogen) atoms. The number of likely N-dealkylation sites (tertiary alicyclic amines) is 1. The minimum absolute atomic E-state index is 0.112. The Bertz CT molecular complexity index is 1120. The van der Waals surface area contributed by atoms with Gasteiger partial charge in [0.1, 0.15) is 11.6 Å². The monoisotopic (exact) mass is 511 g/mol. The van der Waals surface area contributed by atoms with E-state index in [2.05, 4.69) is 18.7 Å². The molecule has 0 spiro atoms. The number of amides is 1. The van der Waals surface area contributed by atoms with Crippen LogP contribution in [0, 0.1) is 15.9 Å². The minimum atomic E-state index is -0.893. The summed E-state index contributed by atoms with van der Waals surface area (Å²) in [5.41, 5.74) is 0.404. The van der Waals surface area contributed by atoms with E-state index < -0.39 is 34.2 Å². The summed E-state index contributed by atoms with van der Waals surface area (Å²) in [6.07, 6.45) is 4.97. The van der Waals surface area contributed by atoms with Crippen LogP contribution < -0.4 is 0 Å². The first-order chi connectivity index (χ1) is 17.8. The highest BCUT2D eigenvalue weighted by Gasteiger charge is 2.45. The molecule has 2 aromatic rings. The van der Waals surface area contributed by atoms with Crippen LogP contribution in [0.2, 0.25) is 0 Å². The lowest BCUT2D eigenvalue weighted by Gasteiger charge is -2.27. The molecule has 1 fully saturated rings. The van der Waals surface area contributed by atoms with E-state index in [1.165, 1.54) is 53.4 Å². The maximum Gasteiger partial charge on any atom is 0.295 e. The van der Waals surface area contributed by atoms with Crippen LogP contribution in [0.1, 0.15) is 63.1 Å². The number of unbranched alkanes of at least 4 members (excludes halogenated alkanes) is 2. The summed E-state index contributed by atoms with van der Waals surface area (Å²) in [5, 5.41) is 22.1. The fourth-order valence-corrected chi connectivity index (χ4v) is 4.56. The number of nitro groups is 1. The van der Waals surface area contributed by atoms with E-state index in [0.29, 0.717) is 18.5 Å². The molecule has 0 saturated carbocycles. The largest absolute Gasteiger partial charge is 0.507 e. The number of non-ortho nitro benzene ring substituents is 1. The molecule has 1 N–H and O–H groups in total. The van der Waals surface area contributed by atoms with E-state index in [9.17, 15) is 29.2 Å². The van der Waals surface area contributed by atoms with Crippen molar-refractivity contribution >= 4 is 23.1 Å². The van der Waals surface area contributed by atoms with E-state index in [4.69, 9.17) is 0 Å². The zero-order valence-corrected chi connectivity index (χ0v) is 21.4. The summed E-state index contributed by atoms with van der Waals surface area (Å²) in [6, 6.07) is 9.71. The van der Waals surface area contributed by atoms with Gasteiger partial charge in [-0.25, -0.2) is 4.39 Å². The number of aliphatic hydroxyl groups excluding tert-OH is 1. The van der Waals surface area contributed by atoms with Crippen molar-refractivity contribution in [1.29, 1.82) is 0 Å². The molecule has 1 saturated heterocycles. The van der Waals surface area contributed by atoms with E-state index in [1.54, 1.807) is 0 Å². The molecule has 1 unspecified atom stereocenters. The van der Waals surface area contributed by atoms with E-state index in [-0.39, 0.29) is 16.8 Å². The summed E-state index contributed by atoms with van der Waals surface area (Å²) in [5.74, 6) is -2.44. The number of nitrogens with zero attached hydrogens (tertiary/aromatic N) is 3. The average Bonchev–Trinajstić information content (AvgIpc) is 3.15. The Balaban J connectivity index is 1.92. The Hall–Kier alpha value is -3.59. The lowest BCUT2D eigenvalue weighted by Crippen LogP contribution is -2.34. The van der Waals surface area contributed by atoms with Gasteiger partial charge in [0.15, 0.2) is 0 Å². The smallest absolute Gasteiger partial charge is 0.295 e. The van der Waals surface area contributed by atoms with Crippen molar-refractivity contribution in [3.8, 4) is 0 Å². The Morgan fingerprint density at radius 3 is 2.08 bits per heavy atom. The number of benzene rings is 2. The lowest BCUT2D eigenvalue weighted by atomic mass is 9.95. The Morgan fingerprint density at radius 1 is 0.973 bits per heavy atom. The van der Waals surface area contributed by atoms with E-state index in [1.807, 2.05) is 0 Å². The van der Waals surface area contributed by atoms with Gasteiger partial charge in [-0.15, -0.1) is 0 Å². The average molecular weight is 512 g/mol. The van der Waals surface area contributed by atoms with Crippen molar-refractivity contribution in [1.82, 2.24) is 9.80 Å². The number of hydrogen-bond donors (Lipinski definition) is 1. The van der Waals surface area contributed by atoms with E-state index in [0.717, 1.165) is 45.3 Å². The van der Waals surface area contributed by atoms with Crippen LogP contribution in [0.15, 0.2) is 54.1 Å². The fourth-order valence-electron chi connectivity index (χ4n) is 4.56. The molecule has 1 aliphatic heterocycles. The second-order valence-electron chi connectivity index (χ2n) is 9.25. The third-order valence-corrected chi connectivity index (χ3v) is 6.61. The molecule has 0 radical (unpaired) electrons. The summed E-state index contributed by atoms with van der Waals surface area (Å²) in [7, 11) is 0. The zero-order chi connectivity index (χ0) is 26.9. The first-order valence-electron chi connectivity index (χ1n) is 12.8. The van der Waals surface area contributed by atoms with Gasteiger partial charge in [0.25, 0.3) is 17.4 Å². The van der Waals surface area contributed by atoms with Crippen LogP contribution in [-0.2, 0) is 9.59 Å². The lowest BCUT2D eigenvalue weighted by molar-refractivity contribution is -0.384. The third-order valence-electron chi connectivity index (χ3n) is 6.61. The standard InChI is InChI=1S/C28H34FN3O5/c1-3-5-16-30(17-6-4-2)18-7-19-31-25(20-8-12-22(29)13-9-20)24(27(34)28(31)35)26(33)21-10-14-23(15-11-21)32(36)37/h8-15,25,33H,3-7,16-19H2,1-2H3/b26-24-. The minimum Gasteiger partial charge on any atom is -0.507 e. The molecule has 8 nitrogen and oxygen atoms in total. The highest BCUT2D eigenvalue weighted by atomic mass is 19.1. The first kappa shape index (κ1) is 28.0. The number of aliphatic hydroxyl groups is 1. The zero-order valence-electron chi connectivity index (χ0n) is 21.4. The van der Waals surface area contributed by atoms with Crippen LogP contribution in [0.3, 0.4) is 0 Å². The molecule has 1 amide bonds. The number of Topliss-reactive ketones (excluding diaryl/α,β-unsaturated/α-hetero) is 1. The van der Waals surface area contributed by atoms with Gasteiger partial charge >= 0.3 is 0 Å². The molecule has 0 aromatic heterocycles. The first-order valence-corrected chi connectivity index (χ1v) is 12.8. The van der Waals surface area contributed by atoms with Crippen molar-refractivity contribution in [2.45, 2.75) is 52.0 Å². The molecule has 1 atom stereocenters. The van der Waals surface area contributed by atoms with Crippen LogP contribution in [0.5, 0.6) is 0 Å². The number of rotatable bonds is 13. The predicted molar refractivity (Wildman–Crippen MR) is 139 cm³/mol. The summed E-state index contributed by atoms with van der Waals surface area (Å²) < 4.78 is 13.7. The maximum atomic E-state index is 13.7. The molecule has 0 bridgehead atoms. The highest BCUT2D eigenvalue weighted by Crippen LogP contribution is 2.39. The Labute approximate surface area is 216 Å². The molecule has 0 aliphatic carbocycles. The van der Waals surface area contributed by atoms with Crippen LogP contribution in [0.4, 0.5) is 10.1 Å². The molecule has 2 aromatic carbocycles. The highest BCUT2D eigenvalue weighted by molar-refractivity contribution is 6.46. The number of nitro benzene ring substituents is 1. The number of carbonyl (C=O) groups is 2. The Kier molecular flexibility index (Phi) is 9.91. The molecule has 1 aliphatic rings. The number of halogens is 1. The number of ketones is 1. The van der Waals surface area contributed by atoms with Gasteiger partial charge in [-0.1, -0.05) is 38.8 Å². The van der Waals surface area contributed by atoms with Crippen molar-refractivity contribution in [2.75, 3.05) is 26.2 Å². The van der Waals surface area contributed by atoms with Gasteiger partial charge in [0.2, 0.25) is 0 Å². The van der Waals surface area contributed by atoms with Crippen molar-refractivity contribution in [3.63, 3.8) is 0 Å². The molecule has 3 rings (SSSR count). The summed E-state index contributed by atoms with van der Waals surface area (Å²) in [4.78, 5) is 40.5. The molecular weight excluding hydrogens is 477 g/mol.